The molecule has 1 heterocycles. The summed E-state index contributed by atoms with van der Waals surface area (Å²) in [5.41, 5.74) is 4.27. The molecule has 0 saturated heterocycles. The summed E-state index contributed by atoms with van der Waals surface area (Å²) in [7, 11) is 0. The summed E-state index contributed by atoms with van der Waals surface area (Å²) in [5, 5.41) is 11.0. The lowest BCUT2D eigenvalue weighted by Crippen LogP contribution is -2.40. The molecule has 1 aliphatic heterocycles. The van der Waals surface area contributed by atoms with Gasteiger partial charge in [0, 0.05) is 25.3 Å². The fourth-order valence-corrected chi connectivity index (χ4v) is 4.28. The van der Waals surface area contributed by atoms with E-state index in [2.05, 4.69) is 19.6 Å². The van der Waals surface area contributed by atoms with E-state index in [0.717, 1.165) is 30.4 Å². The third kappa shape index (κ3) is 3.62. The topological polar surface area (TPSA) is 55.8 Å². The van der Waals surface area contributed by atoms with Crippen LogP contribution >= 0.6 is 0 Å². The number of aryl methyl sites for hydroxylation is 1. The first-order chi connectivity index (χ1) is 12.6. The Bertz CT molecular complexity index is 816. The second-order valence-electron chi connectivity index (χ2n) is 8.34. The van der Waals surface area contributed by atoms with Crippen LogP contribution in [0.25, 0.3) is 0 Å². The lowest BCUT2D eigenvalue weighted by atomic mass is 9.73. The largest absolute Gasteiger partial charge is 0.507 e. The van der Waals surface area contributed by atoms with Crippen LogP contribution in [0.3, 0.4) is 0 Å². The average molecular weight is 370 g/mol. The smallest absolute Gasteiger partial charge is 0.345 e. The van der Waals surface area contributed by atoms with Crippen LogP contribution in [0.15, 0.2) is 29.9 Å². The minimum Gasteiger partial charge on any atom is -0.507 e. The van der Waals surface area contributed by atoms with Gasteiger partial charge >= 0.3 is 5.97 Å². The number of phenols is 1. The van der Waals surface area contributed by atoms with Gasteiger partial charge in [0.15, 0.2) is 0 Å². The van der Waals surface area contributed by atoms with Crippen molar-refractivity contribution in [1.82, 2.24) is 0 Å². The van der Waals surface area contributed by atoms with Gasteiger partial charge in [-0.2, -0.15) is 0 Å². The van der Waals surface area contributed by atoms with Gasteiger partial charge in [-0.25, -0.2) is 4.79 Å². The van der Waals surface area contributed by atoms with Crippen LogP contribution in [0.5, 0.6) is 11.5 Å². The summed E-state index contributed by atoms with van der Waals surface area (Å²) in [6.07, 6.45) is 5.71. The molecule has 3 rings (SSSR count). The van der Waals surface area contributed by atoms with Crippen LogP contribution in [0.4, 0.5) is 0 Å². The highest BCUT2D eigenvalue weighted by atomic mass is 16.7. The van der Waals surface area contributed by atoms with Crippen molar-refractivity contribution in [2.24, 2.45) is 5.92 Å². The Morgan fingerprint density at radius 3 is 2.70 bits per heavy atom. The second kappa shape index (κ2) is 7.06. The molecular formula is C23H30O4. The number of esters is 1. The highest BCUT2D eigenvalue weighted by molar-refractivity contribution is 5.96. The van der Waals surface area contributed by atoms with E-state index in [-0.39, 0.29) is 23.6 Å². The van der Waals surface area contributed by atoms with Crippen LogP contribution in [-0.2, 0) is 11.2 Å². The van der Waals surface area contributed by atoms with E-state index in [0.29, 0.717) is 23.3 Å². The summed E-state index contributed by atoms with van der Waals surface area (Å²) in [5.74, 6) is -0.656. The Labute approximate surface area is 161 Å². The van der Waals surface area contributed by atoms with Crippen molar-refractivity contribution in [3.8, 4) is 11.5 Å². The SMILES string of the molecule is C=C(C)[C@@H]1CCC(C)=C[C@H]1c1c(O)cc(CCC)c2c1OC(C)(C)OC2=O. The number of hydrogen-bond donors (Lipinski definition) is 1. The van der Waals surface area contributed by atoms with Crippen molar-refractivity contribution >= 4 is 5.97 Å². The fourth-order valence-electron chi connectivity index (χ4n) is 4.28. The van der Waals surface area contributed by atoms with Crippen molar-refractivity contribution in [1.29, 1.82) is 0 Å². The standard InChI is InChI=1S/C23H30O4/c1-7-8-15-12-18(24)20(17-11-14(4)9-10-16(17)13(2)3)21-19(15)22(25)27-23(5,6)26-21/h11-12,16-17,24H,2,7-10H2,1,3-6H3/t16-,17+/m0/s1. The predicted molar refractivity (Wildman–Crippen MR) is 106 cm³/mol. The van der Waals surface area contributed by atoms with Gasteiger partial charge < -0.3 is 14.6 Å². The Kier molecular flexibility index (Phi) is 5.11. The lowest BCUT2D eigenvalue weighted by molar-refractivity contribution is -0.128. The number of ether oxygens (including phenoxy) is 2. The van der Waals surface area contributed by atoms with Gasteiger partial charge in [-0.3, -0.25) is 0 Å². The molecule has 4 heteroatoms. The Morgan fingerprint density at radius 1 is 1.37 bits per heavy atom. The van der Waals surface area contributed by atoms with E-state index in [1.54, 1.807) is 19.9 Å². The molecule has 1 aromatic carbocycles. The van der Waals surface area contributed by atoms with E-state index in [1.807, 2.05) is 13.8 Å². The highest BCUT2D eigenvalue weighted by Gasteiger charge is 2.41. The molecule has 27 heavy (non-hydrogen) atoms. The molecule has 1 N–H and O–H groups in total. The van der Waals surface area contributed by atoms with Crippen LogP contribution in [0.2, 0.25) is 0 Å². The highest BCUT2D eigenvalue weighted by Crippen LogP contribution is 2.50. The molecule has 0 aromatic heterocycles. The van der Waals surface area contributed by atoms with Gasteiger partial charge in [-0.15, -0.1) is 0 Å². The molecule has 0 spiro atoms. The van der Waals surface area contributed by atoms with Crippen LogP contribution in [0, 0.1) is 5.92 Å². The number of cyclic esters (lactones) is 1. The van der Waals surface area contributed by atoms with Crippen molar-refractivity contribution in [2.75, 3.05) is 0 Å². The van der Waals surface area contributed by atoms with E-state index in [4.69, 9.17) is 9.47 Å². The van der Waals surface area contributed by atoms with E-state index < -0.39 is 5.79 Å². The number of rotatable bonds is 4. The zero-order chi connectivity index (χ0) is 19.9. The summed E-state index contributed by atoms with van der Waals surface area (Å²) in [6, 6.07) is 1.72. The summed E-state index contributed by atoms with van der Waals surface area (Å²) in [4.78, 5) is 12.8. The number of carbonyl (C=O) groups is 1. The normalized spacial score (nSPS) is 23.7. The zero-order valence-corrected chi connectivity index (χ0v) is 17.0. The predicted octanol–water partition coefficient (Wildman–Crippen LogP) is 5.65. The molecule has 1 aromatic rings. The van der Waals surface area contributed by atoms with Crippen LogP contribution < -0.4 is 4.74 Å². The number of allylic oxidation sites excluding steroid dienone is 3. The van der Waals surface area contributed by atoms with Gasteiger partial charge in [0.2, 0.25) is 5.79 Å². The van der Waals surface area contributed by atoms with Crippen LogP contribution in [0.1, 0.15) is 81.3 Å². The van der Waals surface area contributed by atoms with Crippen molar-refractivity contribution in [3.63, 3.8) is 0 Å². The Morgan fingerprint density at radius 2 is 2.07 bits per heavy atom. The minimum atomic E-state index is -1.07. The van der Waals surface area contributed by atoms with Crippen molar-refractivity contribution in [3.05, 3.63) is 46.6 Å². The Hall–Kier alpha value is -2.23. The minimum absolute atomic E-state index is 0.0672. The van der Waals surface area contributed by atoms with Crippen molar-refractivity contribution in [2.45, 2.75) is 72.0 Å². The number of benzene rings is 1. The molecule has 2 aliphatic rings. The van der Waals surface area contributed by atoms with Gasteiger partial charge in [0.1, 0.15) is 17.1 Å². The first-order valence-electron chi connectivity index (χ1n) is 9.78. The molecule has 2 atom stereocenters. The number of aromatic hydroxyl groups is 1. The van der Waals surface area contributed by atoms with Gasteiger partial charge in [0.05, 0.1) is 0 Å². The average Bonchev–Trinajstić information content (AvgIpc) is 2.53. The van der Waals surface area contributed by atoms with Gasteiger partial charge in [0.25, 0.3) is 0 Å². The molecule has 0 amide bonds. The van der Waals surface area contributed by atoms with E-state index in [1.165, 1.54) is 5.57 Å². The molecule has 0 unspecified atom stereocenters. The molecule has 4 nitrogen and oxygen atoms in total. The molecule has 0 fully saturated rings. The molecule has 0 radical (unpaired) electrons. The summed E-state index contributed by atoms with van der Waals surface area (Å²) < 4.78 is 11.6. The monoisotopic (exact) mass is 370 g/mol. The number of carbonyl (C=O) groups excluding carboxylic acids is 1. The van der Waals surface area contributed by atoms with Crippen molar-refractivity contribution < 1.29 is 19.4 Å². The first kappa shape index (κ1) is 19.5. The third-order valence-electron chi connectivity index (χ3n) is 5.50. The first-order valence-corrected chi connectivity index (χ1v) is 9.78. The Balaban J connectivity index is 2.27. The maximum atomic E-state index is 12.8. The molecule has 146 valence electrons. The number of fused-ring (bicyclic) bond motifs is 1. The van der Waals surface area contributed by atoms with Crippen LogP contribution in [-0.4, -0.2) is 16.9 Å². The second-order valence-corrected chi connectivity index (χ2v) is 8.34. The fraction of sp³-hybridized carbons (Fsp3) is 0.522. The summed E-state index contributed by atoms with van der Waals surface area (Å²) >= 11 is 0. The maximum Gasteiger partial charge on any atom is 0.345 e. The van der Waals surface area contributed by atoms with E-state index >= 15 is 0 Å². The van der Waals surface area contributed by atoms with E-state index in [9.17, 15) is 9.90 Å². The quantitative estimate of drug-likeness (QED) is 0.550. The third-order valence-corrected chi connectivity index (χ3v) is 5.50. The number of hydrogen-bond acceptors (Lipinski definition) is 4. The zero-order valence-electron chi connectivity index (χ0n) is 17.0. The summed E-state index contributed by atoms with van der Waals surface area (Å²) in [6.45, 7) is 13.8. The molecule has 0 saturated carbocycles. The van der Waals surface area contributed by atoms with Gasteiger partial charge in [-0.05, 0) is 50.7 Å². The molecule has 1 aliphatic carbocycles. The molecular weight excluding hydrogens is 340 g/mol. The maximum absolute atomic E-state index is 12.8. The lowest BCUT2D eigenvalue weighted by Gasteiger charge is -2.37. The molecule has 0 bridgehead atoms. The number of phenolic OH excluding ortho intramolecular Hbond substituents is 1. The van der Waals surface area contributed by atoms with Gasteiger partial charge in [-0.1, -0.05) is 37.1 Å².